The van der Waals surface area contributed by atoms with Crippen molar-refractivity contribution in [3.05, 3.63) is 34.7 Å². The molecule has 1 amide bonds. The molecule has 0 aliphatic carbocycles. The molecule has 2 fully saturated rings. The molecule has 7 heteroatoms. The molecule has 158 valence electrons. The number of nitrogens with zero attached hydrogens (tertiary/aromatic N) is 5. The lowest BCUT2D eigenvalue weighted by Crippen LogP contribution is -2.49. The first-order valence-electron chi connectivity index (χ1n) is 10.9. The largest absolute Gasteiger partial charge is 0.337 e. The Morgan fingerprint density at radius 3 is 2.55 bits per heavy atom. The van der Waals surface area contributed by atoms with Gasteiger partial charge in [0.25, 0.3) is 5.91 Å². The number of fused-ring (bicyclic) bond motifs is 1. The van der Waals surface area contributed by atoms with E-state index < -0.39 is 0 Å². The lowest BCUT2D eigenvalue weighted by molar-refractivity contribution is 0.0729. The van der Waals surface area contributed by atoms with Gasteiger partial charge in [0, 0.05) is 51.5 Å². The number of hydrogen-bond acceptors (Lipinski definition) is 4. The normalized spacial score (nSPS) is 22.6. The van der Waals surface area contributed by atoms with E-state index in [1.165, 1.54) is 19.3 Å². The summed E-state index contributed by atoms with van der Waals surface area (Å²) in [7, 11) is 2.17. The number of halogens is 1. The van der Waals surface area contributed by atoms with E-state index in [0.717, 1.165) is 56.9 Å². The van der Waals surface area contributed by atoms with Crippen molar-refractivity contribution in [2.75, 3.05) is 39.8 Å². The van der Waals surface area contributed by atoms with E-state index in [4.69, 9.17) is 16.6 Å². The van der Waals surface area contributed by atoms with Gasteiger partial charge in [0.1, 0.15) is 5.65 Å². The maximum Gasteiger partial charge on any atom is 0.274 e. The van der Waals surface area contributed by atoms with Gasteiger partial charge in [-0.25, -0.2) is 4.98 Å². The van der Waals surface area contributed by atoms with Crippen molar-refractivity contribution in [2.24, 2.45) is 0 Å². The summed E-state index contributed by atoms with van der Waals surface area (Å²) in [6, 6.07) is 4.25. The molecule has 2 aliphatic heterocycles. The van der Waals surface area contributed by atoms with Gasteiger partial charge in [-0.1, -0.05) is 30.9 Å². The first-order chi connectivity index (χ1) is 14.0. The Morgan fingerprint density at radius 2 is 1.83 bits per heavy atom. The molecule has 2 aromatic rings. The Kier molecular flexibility index (Phi) is 6.42. The van der Waals surface area contributed by atoms with Gasteiger partial charge in [0.15, 0.2) is 5.69 Å². The summed E-state index contributed by atoms with van der Waals surface area (Å²) in [6.45, 7) is 7.65. The van der Waals surface area contributed by atoms with Gasteiger partial charge in [0.05, 0.1) is 10.7 Å². The van der Waals surface area contributed by atoms with Crippen LogP contribution in [0.3, 0.4) is 0 Å². The maximum absolute atomic E-state index is 13.5. The topological polar surface area (TPSA) is 44.1 Å². The number of amides is 1. The number of carbonyl (C=O) groups is 1. The molecular formula is C22H32ClN5O. The molecule has 0 bridgehead atoms. The SMILES string of the molecule is CC1CN(Cc2c(C(=O)N3CCCCCCC3)nc3ccc(Cl)cn23)CCN1C. The van der Waals surface area contributed by atoms with Crippen molar-refractivity contribution in [2.45, 2.75) is 51.6 Å². The lowest BCUT2D eigenvalue weighted by atomic mass is 10.1. The van der Waals surface area contributed by atoms with Crippen LogP contribution in [-0.2, 0) is 6.54 Å². The van der Waals surface area contributed by atoms with Gasteiger partial charge in [-0.2, -0.15) is 0 Å². The minimum Gasteiger partial charge on any atom is -0.337 e. The fraction of sp³-hybridized carbons (Fsp3) is 0.636. The molecule has 1 unspecified atom stereocenters. The fourth-order valence-electron chi connectivity index (χ4n) is 4.47. The number of hydrogen-bond donors (Lipinski definition) is 0. The highest BCUT2D eigenvalue weighted by molar-refractivity contribution is 6.30. The van der Waals surface area contributed by atoms with E-state index in [2.05, 4.69) is 23.8 Å². The summed E-state index contributed by atoms with van der Waals surface area (Å²) in [5.74, 6) is 0.0731. The zero-order valence-electron chi connectivity index (χ0n) is 17.6. The highest BCUT2D eigenvalue weighted by Gasteiger charge is 2.27. The number of likely N-dealkylation sites (tertiary alicyclic amines) is 1. The van der Waals surface area contributed by atoms with Gasteiger partial charge < -0.3 is 14.2 Å². The fourth-order valence-corrected chi connectivity index (χ4v) is 4.63. The van der Waals surface area contributed by atoms with Crippen LogP contribution in [0.15, 0.2) is 18.3 Å². The molecule has 6 nitrogen and oxygen atoms in total. The Morgan fingerprint density at radius 1 is 1.10 bits per heavy atom. The van der Waals surface area contributed by atoms with Crippen molar-refractivity contribution >= 4 is 23.2 Å². The molecule has 0 saturated carbocycles. The van der Waals surface area contributed by atoms with Crippen LogP contribution in [0.2, 0.25) is 5.02 Å². The van der Waals surface area contributed by atoms with Crippen molar-refractivity contribution < 1.29 is 4.79 Å². The zero-order valence-corrected chi connectivity index (χ0v) is 18.4. The third-order valence-electron chi connectivity index (χ3n) is 6.44. The molecule has 2 aliphatic rings. The Labute approximate surface area is 178 Å². The second kappa shape index (κ2) is 9.02. The summed E-state index contributed by atoms with van der Waals surface area (Å²) in [4.78, 5) is 25.1. The van der Waals surface area contributed by atoms with Crippen LogP contribution in [-0.4, -0.2) is 75.8 Å². The van der Waals surface area contributed by atoms with E-state index in [0.29, 0.717) is 23.3 Å². The molecular weight excluding hydrogens is 386 g/mol. The number of carbonyl (C=O) groups excluding carboxylic acids is 1. The number of likely N-dealkylation sites (N-methyl/N-ethyl adjacent to an activating group) is 1. The van der Waals surface area contributed by atoms with E-state index in [9.17, 15) is 4.79 Å². The maximum atomic E-state index is 13.5. The standard InChI is InChI=1S/C22H32ClN5O/c1-17-14-26(13-12-25(17)2)16-19-21(24-20-9-8-18(23)15-28(19)20)22(29)27-10-6-4-3-5-7-11-27/h8-9,15,17H,3-7,10-14,16H2,1-2H3. The first kappa shape index (κ1) is 20.6. The second-order valence-corrected chi connectivity index (χ2v) is 9.04. The Balaban J connectivity index is 1.65. The van der Waals surface area contributed by atoms with Crippen LogP contribution in [0, 0.1) is 0 Å². The molecule has 4 rings (SSSR count). The summed E-state index contributed by atoms with van der Waals surface area (Å²) in [6.07, 6.45) is 7.74. The van der Waals surface area contributed by atoms with Crippen LogP contribution in [0.25, 0.3) is 5.65 Å². The van der Waals surface area contributed by atoms with Gasteiger partial charge in [-0.3, -0.25) is 9.69 Å². The molecule has 0 spiro atoms. The van der Waals surface area contributed by atoms with E-state index >= 15 is 0 Å². The number of pyridine rings is 1. The van der Waals surface area contributed by atoms with Crippen molar-refractivity contribution in [1.29, 1.82) is 0 Å². The summed E-state index contributed by atoms with van der Waals surface area (Å²) in [5.41, 5.74) is 2.35. The number of rotatable bonds is 3. The van der Waals surface area contributed by atoms with Gasteiger partial charge in [0.2, 0.25) is 0 Å². The lowest BCUT2D eigenvalue weighted by Gasteiger charge is -2.37. The summed E-state index contributed by atoms with van der Waals surface area (Å²) >= 11 is 6.29. The quantitative estimate of drug-likeness (QED) is 0.766. The van der Waals surface area contributed by atoms with E-state index in [1.807, 2.05) is 27.6 Å². The molecule has 0 radical (unpaired) electrons. The minimum absolute atomic E-state index is 0.0731. The van der Waals surface area contributed by atoms with Gasteiger partial charge >= 0.3 is 0 Å². The molecule has 2 aromatic heterocycles. The zero-order chi connectivity index (χ0) is 20.4. The van der Waals surface area contributed by atoms with Crippen LogP contribution >= 0.6 is 11.6 Å². The van der Waals surface area contributed by atoms with Crippen LogP contribution in [0.4, 0.5) is 0 Å². The van der Waals surface area contributed by atoms with Crippen LogP contribution < -0.4 is 0 Å². The van der Waals surface area contributed by atoms with Crippen molar-refractivity contribution in [1.82, 2.24) is 24.1 Å². The van der Waals surface area contributed by atoms with Crippen molar-refractivity contribution in [3.63, 3.8) is 0 Å². The highest BCUT2D eigenvalue weighted by Crippen LogP contribution is 2.22. The highest BCUT2D eigenvalue weighted by atomic mass is 35.5. The van der Waals surface area contributed by atoms with Gasteiger partial charge in [-0.15, -0.1) is 0 Å². The van der Waals surface area contributed by atoms with Gasteiger partial charge in [-0.05, 0) is 38.9 Å². The summed E-state index contributed by atoms with van der Waals surface area (Å²) in [5, 5.41) is 0.660. The third-order valence-corrected chi connectivity index (χ3v) is 6.67. The molecule has 0 N–H and O–H groups in total. The van der Waals surface area contributed by atoms with Crippen molar-refractivity contribution in [3.8, 4) is 0 Å². The molecule has 29 heavy (non-hydrogen) atoms. The average Bonchev–Trinajstić information content (AvgIpc) is 3.02. The van der Waals surface area contributed by atoms with E-state index in [1.54, 1.807) is 0 Å². The number of piperazine rings is 1. The summed E-state index contributed by atoms with van der Waals surface area (Å²) < 4.78 is 2.02. The predicted octanol–water partition coefficient (Wildman–Crippen LogP) is 3.53. The molecule has 4 heterocycles. The van der Waals surface area contributed by atoms with E-state index in [-0.39, 0.29) is 5.91 Å². The Hall–Kier alpha value is -1.63. The smallest absolute Gasteiger partial charge is 0.274 e. The first-order valence-corrected chi connectivity index (χ1v) is 11.3. The number of aromatic nitrogens is 2. The third kappa shape index (κ3) is 4.60. The van der Waals surface area contributed by atoms with Crippen LogP contribution in [0.5, 0.6) is 0 Å². The Bertz CT molecular complexity index is 858. The average molecular weight is 418 g/mol. The molecule has 0 aromatic carbocycles. The molecule has 1 atom stereocenters. The number of imidazole rings is 1. The molecule has 2 saturated heterocycles. The predicted molar refractivity (Wildman–Crippen MR) is 117 cm³/mol. The van der Waals surface area contributed by atoms with Crippen LogP contribution in [0.1, 0.15) is 55.2 Å². The second-order valence-electron chi connectivity index (χ2n) is 8.61. The minimum atomic E-state index is 0.0731. The monoisotopic (exact) mass is 417 g/mol.